The van der Waals surface area contributed by atoms with Crippen LogP contribution in [0.4, 0.5) is 0 Å². The van der Waals surface area contributed by atoms with Crippen LogP contribution in [-0.4, -0.2) is 15.0 Å². The molecule has 18 aromatic rings. The van der Waals surface area contributed by atoms with Gasteiger partial charge in [0.1, 0.15) is 6.33 Å². The van der Waals surface area contributed by atoms with Crippen molar-refractivity contribution in [3.05, 3.63) is 453 Å². The summed E-state index contributed by atoms with van der Waals surface area (Å²) in [5.74, 6) is 1.19. The molecule has 0 atom stereocenters. The van der Waals surface area contributed by atoms with Crippen molar-refractivity contribution in [2.75, 3.05) is 0 Å². The molecule has 1 aromatic heterocycles. The largest absolute Gasteiger partial charge is 0.217 e. The molecule has 510 valence electrons. The van der Waals surface area contributed by atoms with Gasteiger partial charge >= 0.3 is 0 Å². The third-order valence-corrected chi connectivity index (χ3v) is 21.6. The summed E-state index contributed by atoms with van der Waals surface area (Å²) in [6.07, 6.45) is 1.66. The van der Waals surface area contributed by atoms with E-state index in [4.69, 9.17) is 15.0 Å². The molecule has 19 rings (SSSR count). The molecule has 0 saturated heterocycles. The predicted molar refractivity (Wildman–Crippen MR) is 453 cm³/mol. The summed E-state index contributed by atoms with van der Waals surface area (Å²) < 4.78 is 0. The lowest BCUT2D eigenvalue weighted by Gasteiger charge is -2.36. The Hall–Kier alpha value is -14.3. The minimum Gasteiger partial charge on any atom is -0.217 e. The highest BCUT2D eigenvalue weighted by molar-refractivity contribution is 5.94. The van der Waals surface area contributed by atoms with E-state index in [1.807, 2.05) is 18.2 Å². The SMILES string of the molecule is c1ccc(-c2cc(-c3ccccc3)cc(-c3cc(-c4cc(-c5ccccc5)cc(-c5ccccc5)c4)cc(C4(c5cc(-c6cc(-c7ccccc7)cc(-c7ccccc7)c6)cc(-c6cc(-c7ccccc7)cc(-c7ccccc7)c6)c5)c5ccccc5-c5ccc(-c6ncnc(-c7ccccc7)n6)cc54)c3)c2)cc1. The van der Waals surface area contributed by atoms with Crippen LogP contribution in [0.25, 0.3) is 167 Å². The zero-order valence-corrected chi connectivity index (χ0v) is 59.8. The maximum absolute atomic E-state index is 5.34. The molecule has 0 radical (unpaired) electrons. The van der Waals surface area contributed by atoms with Crippen molar-refractivity contribution >= 4 is 0 Å². The van der Waals surface area contributed by atoms with Crippen LogP contribution in [0, 0.1) is 0 Å². The first-order valence-electron chi connectivity index (χ1n) is 37.3. The molecule has 0 unspecified atom stereocenters. The van der Waals surface area contributed by atoms with Gasteiger partial charge in [-0.2, -0.15) is 0 Å². The van der Waals surface area contributed by atoms with Crippen molar-refractivity contribution in [1.29, 1.82) is 0 Å². The Kier molecular flexibility index (Phi) is 17.2. The predicted octanol–water partition coefficient (Wildman–Crippen LogP) is 27.6. The Morgan fingerprint density at radius 3 is 0.633 bits per heavy atom. The fourth-order valence-corrected chi connectivity index (χ4v) is 16.3. The summed E-state index contributed by atoms with van der Waals surface area (Å²) in [7, 11) is 0. The molecule has 0 bridgehead atoms. The van der Waals surface area contributed by atoms with Gasteiger partial charge in [0, 0.05) is 11.1 Å². The fourth-order valence-electron chi connectivity index (χ4n) is 16.3. The molecule has 109 heavy (non-hydrogen) atoms. The third kappa shape index (κ3) is 12.9. The van der Waals surface area contributed by atoms with Crippen molar-refractivity contribution in [3.8, 4) is 167 Å². The number of aromatic nitrogens is 3. The minimum absolute atomic E-state index is 0.583. The van der Waals surface area contributed by atoms with E-state index in [0.717, 1.165) is 178 Å². The highest BCUT2D eigenvalue weighted by Gasteiger charge is 2.47. The topological polar surface area (TPSA) is 38.7 Å². The maximum Gasteiger partial charge on any atom is 0.163 e. The van der Waals surface area contributed by atoms with Gasteiger partial charge in [-0.3, -0.25) is 0 Å². The van der Waals surface area contributed by atoms with Gasteiger partial charge in [0.15, 0.2) is 11.6 Å². The monoisotopic (exact) mass is 1390 g/mol. The number of fused-ring (bicyclic) bond motifs is 3. The van der Waals surface area contributed by atoms with Crippen LogP contribution in [0.5, 0.6) is 0 Å². The smallest absolute Gasteiger partial charge is 0.163 e. The van der Waals surface area contributed by atoms with Crippen molar-refractivity contribution in [2.24, 2.45) is 0 Å². The van der Waals surface area contributed by atoms with E-state index in [9.17, 15) is 0 Å². The second kappa shape index (κ2) is 28.7. The van der Waals surface area contributed by atoms with Crippen molar-refractivity contribution in [1.82, 2.24) is 15.0 Å². The first-order chi connectivity index (χ1) is 53.9. The lowest BCUT2D eigenvalue weighted by molar-refractivity contribution is 0.770. The lowest BCUT2D eigenvalue weighted by atomic mass is 9.65. The molecule has 0 aliphatic heterocycles. The van der Waals surface area contributed by atoms with E-state index in [-0.39, 0.29) is 0 Å². The summed E-state index contributed by atoms with van der Waals surface area (Å²) in [4.78, 5) is 15.2. The average Bonchev–Trinajstić information content (AvgIpc) is 1.55. The lowest BCUT2D eigenvalue weighted by Crippen LogP contribution is -2.29. The average molecular weight is 1390 g/mol. The summed E-state index contributed by atoms with van der Waals surface area (Å²) in [6, 6.07) is 157. The van der Waals surface area contributed by atoms with E-state index >= 15 is 0 Å². The van der Waals surface area contributed by atoms with Gasteiger partial charge in [-0.05, 0) is 282 Å². The Morgan fingerprint density at radius 1 is 0.147 bits per heavy atom. The minimum atomic E-state index is -1.08. The van der Waals surface area contributed by atoms with Crippen LogP contribution in [0.15, 0.2) is 431 Å². The van der Waals surface area contributed by atoms with Gasteiger partial charge in [-0.25, -0.2) is 15.0 Å². The maximum atomic E-state index is 5.34. The Bertz CT molecular complexity index is 5530. The number of rotatable bonds is 16. The summed E-state index contributed by atoms with van der Waals surface area (Å²) in [6.45, 7) is 0. The van der Waals surface area contributed by atoms with E-state index in [1.165, 1.54) is 0 Å². The normalized spacial score (nSPS) is 11.9. The van der Waals surface area contributed by atoms with Crippen LogP contribution in [-0.2, 0) is 5.41 Å². The van der Waals surface area contributed by atoms with Crippen LogP contribution < -0.4 is 0 Å². The molecule has 0 spiro atoms. The first-order valence-corrected chi connectivity index (χ1v) is 37.3. The van der Waals surface area contributed by atoms with E-state index in [1.54, 1.807) is 6.33 Å². The highest BCUT2D eigenvalue weighted by Crippen LogP contribution is 2.59. The van der Waals surface area contributed by atoms with Gasteiger partial charge < -0.3 is 0 Å². The van der Waals surface area contributed by atoms with Crippen molar-refractivity contribution in [3.63, 3.8) is 0 Å². The van der Waals surface area contributed by atoms with E-state index in [0.29, 0.717) is 11.6 Å². The summed E-state index contributed by atoms with van der Waals surface area (Å²) in [5, 5.41) is 0. The zero-order chi connectivity index (χ0) is 72.5. The number of hydrogen-bond donors (Lipinski definition) is 0. The molecule has 3 nitrogen and oxygen atoms in total. The molecule has 0 N–H and O–H groups in total. The second-order valence-corrected chi connectivity index (χ2v) is 28.3. The molecular weight excluding hydrogens is 1320 g/mol. The molecule has 1 heterocycles. The quantitative estimate of drug-likeness (QED) is 0.0968. The van der Waals surface area contributed by atoms with Crippen molar-refractivity contribution in [2.45, 2.75) is 5.41 Å². The third-order valence-electron chi connectivity index (χ3n) is 21.6. The molecule has 0 fully saturated rings. The van der Waals surface area contributed by atoms with Crippen LogP contribution in [0.3, 0.4) is 0 Å². The Morgan fingerprint density at radius 2 is 0.358 bits per heavy atom. The van der Waals surface area contributed by atoms with Gasteiger partial charge in [-0.1, -0.05) is 309 Å². The number of nitrogens with zero attached hydrogens (tertiary/aromatic N) is 3. The molecule has 1 aliphatic rings. The Labute approximate surface area is 636 Å². The first kappa shape index (κ1) is 65.5. The Balaban J connectivity index is 0.971. The van der Waals surface area contributed by atoms with Crippen LogP contribution in [0.2, 0.25) is 0 Å². The van der Waals surface area contributed by atoms with Gasteiger partial charge in [0.25, 0.3) is 0 Å². The van der Waals surface area contributed by atoms with Gasteiger partial charge in [-0.15, -0.1) is 0 Å². The van der Waals surface area contributed by atoms with Crippen molar-refractivity contribution < 1.29 is 0 Å². The summed E-state index contributed by atoms with van der Waals surface area (Å²) in [5.41, 5.74) is 34.2. The fraction of sp³-hybridized carbons (Fsp3) is 0.00943. The van der Waals surface area contributed by atoms with E-state index in [2.05, 4.69) is 406 Å². The molecule has 3 heteroatoms. The molecule has 1 aliphatic carbocycles. The van der Waals surface area contributed by atoms with E-state index < -0.39 is 5.41 Å². The zero-order valence-electron chi connectivity index (χ0n) is 59.8. The summed E-state index contributed by atoms with van der Waals surface area (Å²) >= 11 is 0. The molecule has 0 amide bonds. The standard InChI is InChI=1S/C106H71N3/c1-10-30-72(31-11-1)82-52-83(73-32-12-2-13-33-73)57-90(56-82)94-64-95(91-58-84(74-34-14-3-15-35-74)53-85(59-91)75-36-16-4-17-37-75)67-98(66-94)106(102-49-29-28-48-100(102)101-51-50-81(70-103(101)106)105-108-71-107-104(109-105)80-46-26-9-27-47-80)99-68-96(92-60-86(76-38-18-5-19-39-76)54-87(61-92)77-40-20-6-21-41-77)65-97(69-99)93-62-88(78-42-22-7-23-43-78)55-89(63-93)79-44-24-8-25-45-79/h1-71H. The highest BCUT2D eigenvalue weighted by atomic mass is 15.0. The number of hydrogen-bond acceptors (Lipinski definition) is 3. The number of benzene rings is 17. The molecule has 17 aromatic carbocycles. The second-order valence-electron chi connectivity index (χ2n) is 28.3. The van der Waals surface area contributed by atoms with Gasteiger partial charge in [0.2, 0.25) is 0 Å². The van der Waals surface area contributed by atoms with Crippen LogP contribution >= 0.6 is 0 Å². The van der Waals surface area contributed by atoms with Crippen LogP contribution in [0.1, 0.15) is 22.3 Å². The molecule has 0 saturated carbocycles. The molecular formula is C106H71N3. The van der Waals surface area contributed by atoms with Gasteiger partial charge in [0.05, 0.1) is 5.41 Å².